The van der Waals surface area contributed by atoms with Crippen LogP contribution >= 0.6 is 35.6 Å². The van der Waals surface area contributed by atoms with Crippen LogP contribution in [0, 0.1) is 0 Å². The maximum atomic E-state index is 12.0. The molecule has 2 rings (SSSR count). The predicted octanol–water partition coefficient (Wildman–Crippen LogP) is 3.14. The monoisotopic (exact) mass is 520 g/mol. The van der Waals surface area contributed by atoms with Crippen molar-refractivity contribution in [2.75, 3.05) is 33.3 Å². The number of nitrogens with one attached hydrogen (secondary N) is 2. The first-order chi connectivity index (χ1) is 13.1. The number of ether oxygens (including phenoxy) is 1. The number of hydrogen-bond acceptors (Lipinski definition) is 4. The predicted molar refractivity (Wildman–Crippen MR) is 122 cm³/mol. The van der Waals surface area contributed by atoms with Gasteiger partial charge >= 0.3 is 0 Å². The van der Waals surface area contributed by atoms with Crippen LogP contribution in [0.2, 0.25) is 5.02 Å². The van der Waals surface area contributed by atoms with E-state index in [-0.39, 0.29) is 36.4 Å². The zero-order valence-electron chi connectivity index (χ0n) is 16.0. The highest BCUT2D eigenvalue weighted by Crippen LogP contribution is 2.15. The molecule has 0 unspecified atom stereocenters. The summed E-state index contributed by atoms with van der Waals surface area (Å²) in [6.07, 6.45) is 1.57. The van der Waals surface area contributed by atoms with Crippen LogP contribution in [-0.4, -0.2) is 50.1 Å². The van der Waals surface area contributed by atoms with Crippen LogP contribution in [0.4, 0.5) is 0 Å². The van der Waals surface area contributed by atoms with E-state index in [1.54, 1.807) is 24.5 Å². The summed E-state index contributed by atoms with van der Waals surface area (Å²) in [6.45, 7) is 4.16. The van der Waals surface area contributed by atoms with Gasteiger partial charge in [-0.1, -0.05) is 11.6 Å². The number of rotatable bonds is 9. The number of hydrogen-bond donors (Lipinski definition) is 2. The number of carbonyl (C=O) groups is 1. The molecule has 0 fully saturated rings. The highest BCUT2D eigenvalue weighted by atomic mass is 127. The van der Waals surface area contributed by atoms with Gasteiger partial charge in [0.2, 0.25) is 5.91 Å². The maximum absolute atomic E-state index is 12.0. The molecule has 0 radical (unpaired) electrons. The SMILES string of the molecule is CCNC(=NCC(=O)NCc1ccco1)N(C)CCOc1ccc(Cl)cc1.I. The second-order valence-electron chi connectivity index (χ2n) is 5.75. The summed E-state index contributed by atoms with van der Waals surface area (Å²) in [5, 5.41) is 6.61. The zero-order valence-corrected chi connectivity index (χ0v) is 19.1. The summed E-state index contributed by atoms with van der Waals surface area (Å²) in [5.74, 6) is 1.93. The summed E-state index contributed by atoms with van der Waals surface area (Å²) in [4.78, 5) is 18.2. The van der Waals surface area contributed by atoms with Crippen molar-refractivity contribution in [3.63, 3.8) is 0 Å². The number of aliphatic imine (C=N–C) groups is 1. The molecule has 1 heterocycles. The van der Waals surface area contributed by atoms with Gasteiger partial charge in [-0.2, -0.15) is 0 Å². The van der Waals surface area contributed by atoms with E-state index in [2.05, 4.69) is 15.6 Å². The van der Waals surface area contributed by atoms with Gasteiger partial charge in [-0.15, -0.1) is 24.0 Å². The van der Waals surface area contributed by atoms with E-state index >= 15 is 0 Å². The lowest BCUT2D eigenvalue weighted by Gasteiger charge is -2.22. The Balaban J connectivity index is 0.00000392. The average molecular weight is 521 g/mol. The van der Waals surface area contributed by atoms with Crippen LogP contribution < -0.4 is 15.4 Å². The van der Waals surface area contributed by atoms with Crippen molar-refractivity contribution in [2.45, 2.75) is 13.5 Å². The lowest BCUT2D eigenvalue weighted by atomic mass is 10.3. The van der Waals surface area contributed by atoms with Crippen molar-refractivity contribution in [1.29, 1.82) is 0 Å². The van der Waals surface area contributed by atoms with Gasteiger partial charge in [0, 0.05) is 18.6 Å². The molecule has 1 aromatic heterocycles. The molecule has 28 heavy (non-hydrogen) atoms. The van der Waals surface area contributed by atoms with E-state index in [0.29, 0.717) is 43.0 Å². The van der Waals surface area contributed by atoms with Crippen molar-refractivity contribution in [3.05, 3.63) is 53.4 Å². The van der Waals surface area contributed by atoms with Crippen LogP contribution in [0.15, 0.2) is 52.1 Å². The Bertz CT molecular complexity index is 723. The zero-order chi connectivity index (χ0) is 19.5. The summed E-state index contributed by atoms with van der Waals surface area (Å²) in [6, 6.07) is 10.8. The molecule has 1 aromatic carbocycles. The topological polar surface area (TPSA) is 79.1 Å². The van der Waals surface area contributed by atoms with Crippen molar-refractivity contribution < 1.29 is 13.9 Å². The standard InChI is InChI=1S/C19H25ClN4O3.HI/c1-3-21-19(23-14-18(25)22-13-17-5-4-11-26-17)24(2)10-12-27-16-8-6-15(20)7-9-16;/h4-9,11H,3,10,12-14H2,1-2H3,(H,21,23)(H,22,25);1H. The molecule has 0 spiro atoms. The lowest BCUT2D eigenvalue weighted by molar-refractivity contribution is -0.119. The number of benzene rings is 1. The first-order valence-corrected chi connectivity index (χ1v) is 9.13. The number of amides is 1. The number of furan rings is 1. The van der Waals surface area contributed by atoms with Gasteiger partial charge in [-0.25, -0.2) is 4.99 Å². The quantitative estimate of drug-likeness (QED) is 0.302. The van der Waals surface area contributed by atoms with Crippen LogP contribution in [-0.2, 0) is 11.3 Å². The largest absolute Gasteiger partial charge is 0.492 e. The Kier molecular flexibility index (Phi) is 11.4. The van der Waals surface area contributed by atoms with E-state index in [0.717, 1.165) is 5.75 Å². The molecule has 0 saturated carbocycles. The van der Waals surface area contributed by atoms with Crippen molar-refractivity contribution in [1.82, 2.24) is 15.5 Å². The Morgan fingerprint density at radius 2 is 2.00 bits per heavy atom. The van der Waals surface area contributed by atoms with Crippen LogP contribution in [0.3, 0.4) is 0 Å². The molecule has 9 heteroatoms. The van der Waals surface area contributed by atoms with Gasteiger partial charge in [0.25, 0.3) is 0 Å². The highest BCUT2D eigenvalue weighted by molar-refractivity contribution is 14.0. The molecule has 7 nitrogen and oxygen atoms in total. The van der Waals surface area contributed by atoms with Gasteiger partial charge in [0.1, 0.15) is 24.7 Å². The summed E-state index contributed by atoms with van der Waals surface area (Å²) in [7, 11) is 1.90. The molecule has 154 valence electrons. The second-order valence-corrected chi connectivity index (χ2v) is 6.19. The molecular formula is C19H26ClIN4O3. The molecule has 0 aliphatic carbocycles. The third kappa shape index (κ3) is 8.83. The molecular weight excluding hydrogens is 495 g/mol. The Labute approximate surface area is 187 Å². The smallest absolute Gasteiger partial charge is 0.242 e. The van der Waals surface area contributed by atoms with E-state index in [9.17, 15) is 4.79 Å². The van der Waals surface area contributed by atoms with Gasteiger partial charge in [-0.3, -0.25) is 4.79 Å². The molecule has 0 aliphatic heterocycles. The molecule has 0 atom stereocenters. The number of halogens is 2. The fourth-order valence-electron chi connectivity index (χ4n) is 2.21. The van der Waals surface area contributed by atoms with Crippen molar-refractivity contribution >= 4 is 47.4 Å². The molecule has 0 bridgehead atoms. The second kappa shape index (κ2) is 13.3. The Hall–Kier alpha value is -1.94. The molecule has 0 saturated heterocycles. The number of guanidine groups is 1. The lowest BCUT2D eigenvalue weighted by Crippen LogP contribution is -2.41. The fraction of sp³-hybridized carbons (Fsp3) is 0.368. The van der Waals surface area contributed by atoms with Crippen molar-refractivity contribution in [3.8, 4) is 5.75 Å². The maximum Gasteiger partial charge on any atom is 0.242 e. The molecule has 1 amide bonds. The Morgan fingerprint density at radius 3 is 2.64 bits per heavy atom. The Morgan fingerprint density at radius 1 is 1.25 bits per heavy atom. The molecule has 2 N–H and O–H groups in total. The highest BCUT2D eigenvalue weighted by Gasteiger charge is 2.08. The summed E-state index contributed by atoms with van der Waals surface area (Å²) >= 11 is 5.86. The van der Waals surface area contributed by atoms with E-state index in [1.807, 2.05) is 37.1 Å². The van der Waals surface area contributed by atoms with Gasteiger partial charge in [-0.05, 0) is 43.3 Å². The minimum atomic E-state index is -0.174. The number of carbonyl (C=O) groups excluding carboxylic acids is 1. The minimum Gasteiger partial charge on any atom is -0.492 e. The summed E-state index contributed by atoms with van der Waals surface area (Å²) < 4.78 is 10.9. The first-order valence-electron chi connectivity index (χ1n) is 8.75. The normalized spacial score (nSPS) is 10.8. The van der Waals surface area contributed by atoms with Crippen LogP contribution in [0.25, 0.3) is 0 Å². The molecule has 2 aromatic rings. The van der Waals surface area contributed by atoms with Crippen LogP contribution in [0.1, 0.15) is 12.7 Å². The summed E-state index contributed by atoms with van der Waals surface area (Å²) in [5.41, 5.74) is 0. The van der Waals surface area contributed by atoms with Gasteiger partial charge in [0.05, 0.1) is 19.4 Å². The average Bonchev–Trinajstić information content (AvgIpc) is 3.18. The third-order valence-electron chi connectivity index (χ3n) is 3.62. The van der Waals surface area contributed by atoms with Crippen LogP contribution in [0.5, 0.6) is 5.75 Å². The first kappa shape index (κ1) is 24.1. The molecule has 0 aliphatic rings. The van der Waals surface area contributed by atoms with E-state index < -0.39 is 0 Å². The number of likely N-dealkylation sites (N-methyl/N-ethyl adjacent to an activating group) is 1. The van der Waals surface area contributed by atoms with Gasteiger partial charge < -0.3 is 24.7 Å². The van der Waals surface area contributed by atoms with Crippen molar-refractivity contribution in [2.24, 2.45) is 4.99 Å². The fourth-order valence-corrected chi connectivity index (χ4v) is 2.33. The van der Waals surface area contributed by atoms with Gasteiger partial charge in [0.15, 0.2) is 5.96 Å². The number of nitrogens with zero attached hydrogens (tertiary/aromatic N) is 2. The van der Waals surface area contributed by atoms with E-state index in [4.69, 9.17) is 20.8 Å². The minimum absolute atomic E-state index is 0. The third-order valence-corrected chi connectivity index (χ3v) is 3.87. The van der Waals surface area contributed by atoms with E-state index in [1.165, 1.54) is 0 Å².